The summed E-state index contributed by atoms with van der Waals surface area (Å²) in [6, 6.07) is 22.3. The van der Waals surface area contributed by atoms with E-state index in [2.05, 4.69) is 25.5 Å². The molecule has 2 aromatic heterocycles. The highest BCUT2D eigenvalue weighted by molar-refractivity contribution is 8.00. The van der Waals surface area contributed by atoms with Crippen LogP contribution in [0.4, 0.5) is 10.8 Å². The van der Waals surface area contributed by atoms with Crippen molar-refractivity contribution < 1.29 is 4.74 Å². The van der Waals surface area contributed by atoms with Crippen molar-refractivity contribution in [2.24, 2.45) is 0 Å². The predicted molar refractivity (Wildman–Crippen MR) is 133 cm³/mol. The summed E-state index contributed by atoms with van der Waals surface area (Å²) in [5.41, 5.74) is 1.26. The van der Waals surface area contributed by atoms with Crippen LogP contribution in [0.2, 0.25) is 5.02 Å². The van der Waals surface area contributed by atoms with E-state index in [4.69, 9.17) is 16.3 Å². The minimum absolute atomic E-state index is 0.188. The topological polar surface area (TPSA) is 92.8 Å². The molecule has 7 nitrogen and oxygen atoms in total. The number of nitrogens with zero attached hydrogens (tertiary/aromatic N) is 3. The van der Waals surface area contributed by atoms with Gasteiger partial charge in [0.05, 0.1) is 16.7 Å². The number of thioether (sulfide) groups is 1. The zero-order chi connectivity index (χ0) is 22.6. The van der Waals surface area contributed by atoms with Crippen LogP contribution < -0.4 is 15.6 Å². The van der Waals surface area contributed by atoms with Crippen molar-refractivity contribution in [3.05, 3.63) is 94.0 Å². The lowest BCUT2D eigenvalue weighted by atomic mass is 10.2. The highest BCUT2D eigenvalue weighted by atomic mass is 35.5. The number of fused-ring (bicyclic) bond motifs is 1. The van der Waals surface area contributed by atoms with Crippen LogP contribution >= 0.6 is 34.7 Å². The molecule has 3 aromatic carbocycles. The molecule has 0 unspecified atom stereocenters. The maximum Gasteiger partial charge on any atom is 0.258 e. The number of anilines is 2. The Morgan fingerprint density at radius 2 is 1.79 bits per heavy atom. The molecule has 0 aliphatic carbocycles. The van der Waals surface area contributed by atoms with Crippen LogP contribution in [0.25, 0.3) is 10.9 Å². The number of H-pyrrole nitrogens is 1. The van der Waals surface area contributed by atoms with Crippen LogP contribution in [0.15, 0.2) is 81.9 Å². The molecule has 0 radical (unpaired) electrons. The molecule has 10 heteroatoms. The third-order valence-corrected chi connectivity index (χ3v) is 6.76. The molecule has 0 aliphatic rings. The largest absolute Gasteiger partial charge is 0.457 e. The number of nitrogens with one attached hydrogen (secondary N) is 2. The first kappa shape index (κ1) is 21.4. The first-order valence-corrected chi connectivity index (χ1v) is 12.1. The van der Waals surface area contributed by atoms with Gasteiger partial charge in [-0.2, -0.15) is 0 Å². The van der Waals surface area contributed by atoms with Crippen molar-refractivity contribution >= 4 is 56.4 Å². The molecule has 0 spiro atoms. The average molecular weight is 494 g/mol. The zero-order valence-corrected chi connectivity index (χ0v) is 19.4. The van der Waals surface area contributed by atoms with Gasteiger partial charge in [-0.25, -0.2) is 4.98 Å². The molecule has 33 heavy (non-hydrogen) atoms. The lowest BCUT2D eigenvalue weighted by molar-refractivity contribution is 0.483. The second kappa shape index (κ2) is 9.62. The fourth-order valence-electron chi connectivity index (χ4n) is 3.03. The summed E-state index contributed by atoms with van der Waals surface area (Å²) in [4.78, 5) is 19.6. The van der Waals surface area contributed by atoms with Gasteiger partial charge in [0.15, 0.2) is 4.34 Å². The second-order valence-corrected chi connectivity index (χ2v) is 9.54. The summed E-state index contributed by atoms with van der Waals surface area (Å²) in [5.74, 6) is 2.55. The summed E-state index contributed by atoms with van der Waals surface area (Å²) < 4.78 is 6.57. The van der Waals surface area contributed by atoms with Crippen molar-refractivity contribution in [3.8, 4) is 11.5 Å². The monoisotopic (exact) mass is 493 g/mol. The van der Waals surface area contributed by atoms with Crippen molar-refractivity contribution in [1.82, 2.24) is 20.2 Å². The Kier molecular flexibility index (Phi) is 6.25. The maximum atomic E-state index is 12.3. The first-order chi connectivity index (χ1) is 16.1. The molecule has 5 aromatic rings. The van der Waals surface area contributed by atoms with E-state index in [0.29, 0.717) is 32.6 Å². The Bertz CT molecular complexity index is 1460. The molecule has 5 rings (SSSR count). The molecule has 0 saturated carbocycles. The van der Waals surface area contributed by atoms with E-state index in [1.807, 2.05) is 54.6 Å². The van der Waals surface area contributed by atoms with Gasteiger partial charge in [-0.3, -0.25) is 4.79 Å². The number of rotatable bonds is 7. The predicted octanol–water partition coefficient (Wildman–Crippen LogP) is 6.26. The van der Waals surface area contributed by atoms with E-state index in [1.165, 1.54) is 23.1 Å². The SMILES string of the molecule is O=c1[nH]c(CSc2nnc(Nc3ccc(Oc4ccccc4)cc3)s2)nc2cc(Cl)ccc12. The maximum absolute atomic E-state index is 12.3. The molecule has 0 atom stereocenters. The van der Waals surface area contributed by atoms with E-state index in [0.717, 1.165) is 21.5 Å². The van der Waals surface area contributed by atoms with Gasteiger partial charge in [-0.05, 0) is 54.6 Å². The van der Waals surface area contributed by atoms with E-state index < -0.39 is 0 Å². The van der Waals surface area contributed by atoms with Gasteiger partial charge in [0.25, 0.3) is 5.56 Å². The Hall–Kier alpha value is -3.40. The Morgan fingerprint density at radius 3 is 2.61 bits per heavy atom. The second-order valence-electron chi connectivity index (χ2n) is 6.90. The average Bonchev–Trinajstić information content (AvgIpc) is 3.27. The molecule has 0 fully saturated rings. The summed E-state index contributed by atoms with van der Waals surface area (Å²) in [6.07, 6.45) is 0. The minimum atomic E-state index is -0.188. The highest BCUT2D eigenvalue weighted by Crippen LogP contribution is 2.30. The summed E-state index contributed by atoms with van der Waals surface area (Å²) in [6.45, 7) is 0. The number of hydrogen-bond acceptors (Lipinski definition) is 8. The van der Waals surface area contributed by atoms with Crippen LogP contribution in [0.3, 0.4) is 0 Å². The summed E-state index contributed by atoms with van der Waals surface area (Å²) in [7, 11) is 0. The van der Waals surface area contributed by atoms with Gasteiger partial charge in [0.1, 0.15) is 17.3 Å². The van der Waals surface area contributed by atoms with Crippen LogP contribution in [-0.4, -0.2) is 20.2 Å². The smallest absolute Gasteiger partial charge is 0.258 e. The molecular formula is C23H16ClN5O2S2. The molecule has 0 bridgehead atoms. The Morgan fingerprint density at radius 1 is 1.00 bits per heavy atom. The third-order valence-electron chi connectivity index (χ3n) is 4.54. The molecular weight excluding hydrogens is 478 g/mol. The normalized spacial score (nSPS) is 10.9. The van der Waals surface area contributed by atoms with Crippen LogP contribution in [0.1, 0.15) is 5.82 Å². The number of aromatic amines is 1. The van der Waals surface area contributed by atoms with E-state index in [9.17, 15) is 4.79 Å². The van der Waals surface area contributed by atoms with Gasteiger partial charge in [0.2, 0.25) is 5.13 Å². The van der Waals surface area contributed by atoms with Crippen molar-refractivity contribution in [2.45, 2.75) is 10.1 Å². The third kappa shape index (κ3) is 5.33. The number of hydrogen-bond donors (Lipinski definition) is 2. The van der Waals surface area contributed by atoms with Gasteiger partial charge < -0.3 is 15.0 Å². The Labute approximate surface area is 201 Å². The molecule has 0 aliphatic heterocycles. The molecule has 2 heterocycles. The van der Waals surface area contributed by atoms with Crippen LogP contribution in [-0.2, 0) is 5.75 Å². The highest BCUT2D eigenvalue weighted by Gasteiger charge is 2.09. The number of para-hydroxylation sites is 1. The molecule has 0 amide bonds. The quantitative estimate of drug-likeness (QED) is 0.258. The minimum Gasteiger partial charge on any atom is -0.457 e. The van der Waals surface area contributed by atoms with Gasteiger partial charge in [-0.15, -0.1) is 10.2 Å². The fraction of sp³-hybridized carbons (Fsp3) is 0.0435. The fourth-order valence-corrected chi connectivity index (χ4v) is 4.84. The van der Waals surface area contributed by atoms with Crippen molar-refractivity contribution in [3.63, 3.8) is 0 Å². The van der Waals surface area contributed by atoms with Crippen LogP contribution in [0, 0.1) is 0 Å². The Balaban J connectivity index is 1.21. The van der Waals surface area contributed by atoms with Gasteiger partial charge in [-0.1, -0.05) is 52.9 Å². The number of ether oxygens (including phenoxy) is 1. The first-order valence-electron chi connectivity index (χ1n) is 9.87. The molecule has 164 valence electrons. The standard InChI is InChI=1S/C23H16ClN5O2S2/c24-14-6-11-18-19(12-14)26-20(27-21(18)30)13-32-23-29-28-22(33-23)25-15-7-9-17(10-8-15)31-16-4-2-1-3-5-16/h1-12H,13H2,(H,25,28)(H,26,27,30). The van der Waals surface area contributed by atoms with Crippen molar-refractivity contribution in [2.75, 3.05) is 5.32 Å². The molecule has 0 saturated heterocycles. The molecule has 2 N–H and O–H groups in total. The number of aromatic nitrogens is 4. The van der Waals surface area contributed by atoms with E-state index >= 15 is 0 Å². The lowest BCUT2D eigenvalue weighted by Crippen LogP contribution is -2.11. The van der Waals surface area contributed by atoms with Crippen LogP contribution in [0.5, 0.6) is 11.5 Å². The van der Waals surface area contributed by atoms with Crippen molar-refractivity contribution in [1.29, 1.82) is 0 Å². The van der Waals surface area contributed by atoms with Gasteiger partial charge in [0, 0.05) is 10.7 Å². The van der Waals surface area contributed by atoms with E-state index in [-0.39, 0.29) is 5.56 Å². The lowest BCUT2D eigenvalue weighted by Gasteiger charge is -2.06. The van der Waals surface area contributed by atoms with Gasteiger partial charge >= 0.3 is 0 Å². The zero-order valence-electron chi connectivity index (χ0n) is 17.0. The summed E-state index contributed by atoms with van der Waals surface area (Å²) >= 11 is 8.89. The number of halogens is 1. The number of benzene rings is 3. The summed E-state index contributed by atoms with van der Waals surface area (Å²) in [5, 5.41) is 13.4. The van der Waals surface area contributed by atoms with E-state index in [1.54, 1.807) is 18.2 Å².